The number of hydrogen-bond donors (Lipinski definition) is 2. The molecule has 1 aliphatic rings. The van der Waals surface area contributed by atoms with E-state index in [0.717, 1.165) is 37.1 Å². The van der Waals surface area contributed by atoms with Crippen LogP contribution in [0.4, 0.5) is 0 Å². The summed E-state index contributed by atoms with van der Waals surface area (Å²) in [6.45, 7) is 1.35. The van der Waals surface area contributed by atoms with Gasteiger partial charge in [-0.25, -0.2) is 0 Å². The summed E-state index contributed by atoms with van der Waals surface area (Å²) in [4.78, 5) is 12.8. The van der Waals surface area contributed by atoms with Crippen molar-refractivity contribution in [1.82, 2.24) is 5.32 Å². The van der Waals surface area contributed by atoms with Gasteiger partial charge in [-0.15, -0.1) is 0 Å². The number of nitrogens with one attached hydrogen (secondary N) is 1. The van der Waals surface area contributed by atoms with Crippen LogP contribution in [-0.4, -0.2) is 30.8 Å². The van der Waals surface area contributed by atoms with Gasteiger partial charge >= 0.3 is 5.97 Å². The quantitative estimate of drug-likeness (QED) is 0.830. The summed E-state index contributed by atoms with van der Waals surface area (Å²) < 4.78 is 6.03. The summed E-state index contributed by atoms with van der Waals surface area (Å²) >= 11 is 0. The van der Waals surface area contributed by atoms with Crippen molar-refractivity contribution in [3.8, 4) is 0 Å². The molecule has 3 rings (SSSR count). The van der Waals surface area contributed by atoms with Crippen LogP contribution in [0.3, 0.4) is 0 Å². The maximum absolute atomic E-state index is 12.8. The summed E-state index contributed by atoms with van der Waals surface area (Å²) in [5.41, 5.74) is 1.18. The maximum atomic E-state index is 12.8. The van der Waals surface area contributed by atoms with Crippen molar-refractivity contribution >= 4 is 5.97 Å². The average Bonchev–Trinajstić information content (AvgIpc) is 2.65. The van der Waals surface area contributed by atoms with Gasteiger partial charge in [-0.3, -0.25) is 4.79 Å². The van der Waals surface area contributed by atoms with Crippen LogP contribution >= 0.6 is 0 Å². The lowest BCUT2D eigenvalue weighted by Crippen LogP contribution is -2.44. The van der Waals surface area contributed by atoms with E-state index in [2.05, 4.69) is 5.32 Å². The molecule has 126 valence electrons. The number of ether oxygens (including phenoxy) is 1. The summed E-state index contributed by atoms with van der Waals surface area (Å²) in [5.74, 6) is -1.02. The molecule has 1 fully saturated rings. The number of carbonyl (C=O) groups excluding carboxylic acids is 1. The fourth-order valence-corrected chi connectivity index (χ4v) is 3.29. The number of rotatable bonds is 5. The fourth-order valence-electron chi connectivity index (χ4n) is 3.29. The number of hydrogen-bond acceptors (Lipinski definition) is 4. The molecule has 0 aliphatic carbocycles. The summed E-state index contributed by atoms with van der Waals surface area (Å²) in [6.07, 6.45) is 1.46. The molecule has 1 saturated heterocycles. The van der Waals surface area contributed by atoms with Gasteiger partial charge in [-0.05, 0) is 24.2 Å². The Labute approximate surface area is 142 Å². The van der Waals surface area contributed by atoms with Gasteiger partial charge in [0, 0.05) is 12.8 Å². The number of piperidine rings is 1. The van der Waals surface area contributed by atoms with E-state index in [-0.39, 0.29) is 12.6 Å². The largest absolute Gasteiger partial charge is 0.454 e. The zero-order valence-electron chi connectivity index (χ0n) is 13.7. The molecular weight excluding hydrogens is 302 g/mol. The lowest BCUT2D eigenvalue weighted by atomic mass is 9.84. The smallest absolute Gasteiger partial charge is 0.316 e. The molecule has 2 aromatic rings. The Morgan fingerprint density at radius 3 is 2.21 bits per heavy atom. The van der Waals surface area contributed by atoms with Gasteiger partial charge in [0.1, 0.15) is 11.5 Å². The van der Waals surface area contributed by atoms with Gasteiger partial charge in [0.2, 0.25) is 0 Å². The number of aliphatic hydroxyl groups excluding tert-OH is 1. The number of carbonyl (C=O) groups is 1. The minimum absolute atomic E-state index is 0.258. The molecule has 0 bridgehead atoms. The Hall–Kier alpha value is -2.17. The third-order valence-electron chi connectivity index (χ3n) is 4.68. The zero-order chi connectivity index (χ0) is 16.8. The Balaban J connectivity index is 1.86. The predicted octanol–water partition coefficient (Wildman–Crippen LogP) is 2.58. The van der Waals surface area contributed by atoms with Crippen molar-refractivity contribution in [3.63, 3.8) is 0 Å². The van der Waals surface area contributed by atoms with E-state index in [1.54, 1.807) is 0 Å². The van der Waals surface area contributed by atoms with Crippen molar-refractivity contribution in [2.24, 2.45) is 0 Å². The van der Waals surface area contributed by atoms with Crippen LogP contribution < -0.4 is 5.32 Å². The average molecular weight is 325 g/mol. The van der Waals surface area contributed by atoms with E-state index < -0.39 is 11.5 Å². The Morgan fingerprint density at radius 1 is 1.04 bits per heavy atom. The van der Waals surface area contributed by atoms with Gasteiger partial charge < -0.3 is 15.2 Å². The predicted molar refractivity (Wildman–Crippen MR) is 92.6 cm³/mol. The van der Waals surface area contributed by atoms with Crippen molar-refractivity contribution in [3.05, 3.63) is 71.8 Å². The van der Waals surface area contributed by atoms with E-state index in [1.165, 1.54) is 0 Å². The topological polar surface area (TPSA) is 58.6 Å². The molecule has 0 aromatic heterocycles. The summed E-state index contributed by atoms with van der Waals surface area (Å²) in [5, 5.41) is 13.0. The van der Waals surface area contributed by atoms with Gasteiger partial charge in [-0.1, -0.05) is 60.7 Å². The first kappa shape index (κ1) is 16.7. The highest BCUT2D eigenvalue weighted by molar-refractivity contribution is 5.79. The molecule has 1 atom stereocenters. The van der Waals surface area contributed by atoms with Crippen molar-refractivity contribution in [2.75, 3.05) is 19.7 Å². The first-order valence-corrected chi connectivity index (χ1v) is 8.40. The highest BCUT2D eigenvalue weighted by Crippen LogP contribution is 2.36. The fraction of sp³-hybridized carbons (Fsp3) is 0.350. The second kappa shape index (κ2) is 7.60. The number of aliphatic hydroxyl groups is 1. The first-order chi connectivity index (χ1) is 11.7. The molecule has 24 heavy (non-hydrogen) atoms. The van der Waals surface area contributed by atoms with E-state index in [9.17, 15) is 9.90 Å². The molecule has 0 spiro atoms. The Kier molecular flexibility index (Phi) is 5.28. The van der Waals surface area contributed by atoms with E-state index >= 15 is 0 Å². The van der Waals surface area contributed by atoms with E-state index in [4.69, 9.17) is 4.74 Å². The van der Waals surface area contributed by atoms with Crippen LogP contribution in [0.25, 0.3) is 0 Å². The highest BCUT2D eigenvalue weighted by Gasteiger charge is 2.39. The zero-order valence-corrected chi connectivity index (χ0v) is 13.7. The minimum atomic E-state index is -0.651. The van der Waals surface area contributed by atoms with Crippen LogP contribution in [0, 0.1) is 0 Å². The SMILES string of the molecule is O=C(OC1(c2ccccc2)CCNCC1)C(CO)c1ccccc1. The lowest BCUT2D eigenvalue weighted by molar-refractivity contribution is -0.167. The Bertz CT molecular complexity index is 651. The number of benzene rings is 2. The molecule has 0 saturated carbocycles. The summed E-state index contributed by atoms with van der Waals surface area (Å²) in [6, 6.07) is 19.2. The Morgan fingerprint density at radius 2 is 1.62 bits per heavy atom. The highest BCUT2D eigenvalue weighted by atomic mass is 16.6. The maximum Gasteiger partial charge on any atom is 0.316 e. The molecule has 1 aliphatic heterocycles. The van der Waals surface area contributed by atoms with E-state index in [1.807, 2.05) is 60.7 Å². The third kappa shape index (κ3) is 3.50. The minimum Gasteiger partial charge on any atom is -0.454 e. The van der Waals surface area contributed by atoms with Crippen LogP contribution in [0.15, 0.2) is 60.7 Å². The van der Waals surface area contributed by atoms with Gasteiger partial charge in [0.25, 0.3) is 0 Å². The lowest BCUT2D eigenvalue weighted by Gasteiger charge is -2.38. The molecule has 4 nitrogen and oxygen atoms in total. The molecule has 1 unspecified atom stereocenters. The monoisotopic (exact) mass is 325 g/mol. The van der Waals surface area contributed by atoms with Gasteiger partial charge in [0.15, 0.2) is 0 Å². The molecule has 4 heteroatoms. The third-order valence-corrected chi connectivity index (χ3v) is 4.68. The standard InChI is InChI=1S/C20H23NO3/c22-15-18(16-7-3-1-4-8-16)19(23)24-20(11-13-21-14-12-20)17-9-5-2-6-10-17/h1-10,18,21-22H,11-15H2. The molecular formula is C20H23NO3. The first-order valence-electron chi connectivity index (χ1n) is 8.40. The second-order valence-corrected chi connectivity index (χ2v) is 6.18. The molecule has 1 heterocycles. The molecule has 2 aromatic carbocycles. The van der Waals surface area contributed by atoms with Crippen LogP contribution in [-0.2, 0) is 15.1 Å². The summed E-state index contributed by atoms with van der Waals surface area (Å²) in [7, 11) is 0. The van der Waals surface area contributed by atoms with E-state index in [0.29, 0.717) is 0 Å². The normalized spacial score (nSPS) is 17.9. The second-order valence-electron chi connectivity index (χ2n) is 6.18. The van der Waals surface area contributed by atoms with Gasteiger partial charge in [-0.2, -0.15) is 0 Å². The van der Waals surface area contributed by atoms with Crippen LogP contribution in [0.1, 0.15) is 29.9 Å². The van der Waals surface area contributed by atoms with Crippen LogP contribution in [0.2, 0.25) is 0 Å². The van der Waals surface area contributed by atoms with Gasteiger partial charge in [0.05, 0.1) is 6.61 Å². The van der Waals surface area contributed by atoms with Crippen molar-refractivity contribution < 1.29 is 14.6 Å². The van der Waals surface area contributed by atoms with Crippen molar-refractivity contribution in [2.45, 2.75) is 24.4 Å². The molecule has 2 N–H and O–H groups in total. The number of esters is 1. The van der Waals surface area contributed by atoms with Crippen molar-refractivity contribution in [1.29, 1.82) is 0 Å². The molecule has 0 radical (unpaired) electrons. The molecule has 0 amide bonds. The van der Waals surface area contributed by atoms with Crippen LogP contribution in [0.5, 0.6) is 0 Å².